The van der Waals surface area contributed by atoms with Gasteiger partial charge in [0.05, 0.1) is 19.0 Å². The largest absolute Gasteiger partial charge is 0.497 e. The summed E-state index contributed by atoms with van der Waals surface area (Å²) in [4.78, 5) is 11.8. The molecule has 0 unspecified atom stereocenters. The van der Waals surface area contributed by atoms with E-state index < -0.39 is 0 Å². The molecule has 0 fully saturated rings. The summed E-state index contributed by atoms with van der Waals surface area (Å²) in [6.07, 6.45) is 1.58. The summed E-state index contributed by atoms with van der Waals surface area (Å²) in [5.74, 6) is 0.562. The van der Waals surface area contributed by atoms with Gasteiger partial charge in [0.25, 0.3) is 5.91 Å². The topological polar surface area (TPSA) is 68.5 Å². The van der Waals surface area contributed by atoms with Crippen LogP contribution in [0.3, 0.4) is 0 Å². The van der Waals surface area contributed by atoms with Crippen LogP contribution in [-0.4, -0.2) is 29.0 Å². The first-order chi connectivity index (χ1) is 10.1. The molecule has 1 N–H and O–H groups in total. The molecule has 0 saturated carbocycles. The second-order valence-electron chi connectivity index (χ2n) is 4.65. The molecule has 0 aliphatic heterocycles. The minimum Gasteiger partial charge on any atom is -0.497 e. The smallest absolute Gasteiger partial charge is 0.261 e. The highest BCUT2D eigenvalue weighted by molar-refractivity contribution is 5.82. The summed E-state index contributed by atoms with van der Waals surface area (Å²) in [6.45, 7) is 3.96. The van der Waals surface area contributed by atoms with Crippen molar-refractivity contribution in [3.63, 3.8) is 0 Å². The van der Waals surface area contributed by atoms with Crippen LogP contribution in [0.5, 0.6) is 5.75 Å². The number of hydrazone groups is 1. The molecule has 2 rings (SSSR count). The minimum absolute atomic E-state index is 0.152. The molecule has 6 nitrogen and oxygen atoms in total. The van der Waals surface area contributed by atoms with Gasteiger partial charge in [0.2, 0.25) is 0 Å². The lowest BCUT2D eigenvalue weighted by atomic mass is 10.2. The van der Waals surface area contributed by atoms with Gasteiger partial charge in [-0.05, 0) is 49.7 Å². The van der Waals surface area contributed by atoms with Crippen molar-refractivity contribution in [1.29, 1.82) is 0 Å². The van der Waals surface area contributed by atoms with E-state index >= 15 is 0 Å². The van der Waals surface area contributed by atoms with Crippen molar-refractivity contribution in [2.45, 2.75) is 20.4 Å². The summed E-state index contributed by atoms with van der Waals surface area (Å²) >= 11 is 0. The first kappa shape index (κ1) is 14.8. The molecular weight excluding hydrogens is 268 g/mol. The summed E-state index contributed by atoms with van der Waals surface area (Å²) in [7, 11) is 1.61. The van der Waals surface area contributed by atoms with Crippen LogP contribution in [0.25, 0.3) is 0 Å². The maximum atomic E-state index is 11.8. The second kappa shape index (κ2) is 6.69. The summed E-state index contributed by atoms with van der Waals surface area (Å²) in [6, 6.07) is 9.30. The van der Waals surface area contributed by atoms with E-state index in [4.69, 9.17) is 4.74 Å². The molecule has 21 heavy (non-hydrogen) atoms. The van der Waals surface area contributed by atoms with Crippen LogP contribution in [0.4, 0.5) is 0 Å². The maximum Gasteiger partial charge on any atom is 0.261 e. The number of carbonyl (C=O) groups excluding carboxylic acids is 1. The Morgan fingerprint density at radius 3 is 2.67 bits per heavy atom. The minimum atomic E-state index is -0.217. The van der Waals surface area contributed by atoms with Crippen molar-refractivity contribution in [2.24, 2.45) is 5.10 Å². The van der Waals surface area contributed by atoms with Crippen LogP contribution in [0, 0.1) is 13.8 Å². The number of aromatic nitrogens is 2. The quantitative estimate of drug-likeness (QED) is 0.671. The Morgan fingerprint density at radius 1 is 1.38 bits per heavy atom. The SMILES string of the molecule is COc1ccc(C=NNC(=O)Cn2nc(C)cc2C)cc1. The number of ether oxygens (including phenoxy) is 1. The Hall–Kier alpha value is -2.63. The number of rotatable bonds is 5. The number of methoxy groups -OCH3 is 1. The number of carbonyl (C=O) groups is 1. The van der Waals surface area contributed by atoms with Crippen LogP contribution in [0.2, 0.25) is 0 Å². The van der Waals surface area contributed by atoms with Crippen molar-refractivity contribution in [3.8, 4) is 5.75 Å². The second-order valence-corrected chi connectivity index (χ2v) is 4.65. The number of amides is 1. The molecule has 0 atom stereocenters. The Kier molecular flexibility index (Phi) is 4.71. The van der Waals surface area contributed by atoms with Gasteiger partial charge in [-0.25, -0.2) is 5.43 Å². The van der Waals surface area contributed by atoms with Gasteiger partial charge in [-0.1, -0.05) is 0 Å². The molecule has 0 spiro atoms. The average Bonchev–Trinajstić information content (AvgIpc) is 2.77. The van der Waals surface area contributed by atoms with Crippen LogP contribution < -0.4 is 10.2 Å². The molecule has 0 bridgehead atoms. The standard InChI is InChI=1S/C15H18N4O2/c1-11-8-12(2)19(18-11)10-15(20)17-16-9-13-4-6-14(21-3)7-5-13/h4-9H,10H2,1-3H3,(H,17,20). The predicted octanol–water partition coefficient (Wildman–Crippen LogP) is 1.66. The molecule has 2 aromatic rings. The highest BCUT2D eigenvalue weighted by Gasteiger charge is 2.05. The van der Waals surface area contributed by atoms with Gasteiger partial charge in [0, 0.05) is 5.69 Å². The molecule has 0 aliphatic rings. The Balaban J connectivity index is 1.88. The average molecular weight is 286 g/mol. The molecule has 0 saturated heterocycles. The molecule has 1 heterocycles. The summed E-state index contributed by atoms with van der Waals surface area (Å²) in [5.41, 5.74) is 5.20. The number of hydrogen-bond donors (Lipinski definition) is 1. The maximum absolute atomic E-state index is 11.8. The van der Waals surface area contributed by atoms with Gasteiger partial charge in [0.15, 0.2) is 0 Å². The fraction of sp³-hybridized carbons (Fsp3) is 0.267. The van der Waals surface area contributed by atoms with Gasteiger partial charge >= 0.3 is 0 Å². The first-order valence-corrected chi connectivity index (χ1v) is 6.55. The number of hydrogen-bond acceptors (Lipinski definition) is 4. The third-order valence-corrected chi connectivity index (χ3v) is 2.92. The van der Waals surface area contributed by atoms with Crippen LogP contribution in [-0.2, 0) is 11.3 Å². The zero-order valence-corrected chi connectivity index (χ0v) is 12.3. The van der Waals surface area contributed by atoms with Crippen molar-refractivity contribution < 1.29 is 9.53 Å². The van der Waals surface area contributed by atoms with Gasteiger partial charge in [-0.3, -0.25) is 9.48 Å². The van der Waals surface area contributed by atoms with Crippen LogP contribution in [0.1, 0.15) is 17.0 Å². The van der Waals surface area contributed by atoms with E-state index in [-0.39, 0.29) is 12.5 Å². The van der Waals surface area contributed by atoms with Gasteiger partial charge in [-0.2, -0.15) is 10.2 Å². The molecule has 1 aromatic heterocycles. The van der Waals surface area contributed by atoms with E-state index in [0.29, 0.717) is 0 Å². The van der Waals surface area contributed by atoms with E-state index in [1.807, 2.05) is 44.2 Å². The van der Waals surface area contributed by atoms with Gasteiger partial charge in [-0.15, -0.1) is 0 Å². The Morgan fingerprint density at radius 2 is 2.10 bits per heavy atom. The lowest BCUT2D eigenvalue weighted by Gasteiger charge is -2.03. The van der Waals surface area contributed by atoms with E-state index in [0.717, 1.165) is 22.7 Å². The van der Waals surface area contributed by atoms with E-state index in [2.05, 4.69) is 15.6 Å². The van der Waals surface area contributed by atoms with E-state index in [1.54, 1.807) is 18.0 Å². The third-order valence-electron chi connectivity index (χ3n) is 2.92. The monoisotopic (exact) mass is 286 g/mol. The number of nitrogens with zero attached hydrogens (tertiary/aromatic N) is 3. The molecule has 6 heteroatoms. The van der Waals surface area contributed by atoms with E-state index in [9.17, 15) is 4.79 Å². The van der Waals surface area contributed by atoms with Crippen LogP contribution in [0.15, 0.2) is 35.4 Å². The van der Waals surface area contributed by atoms with Crippen molar-refractivity contribution in [2.75, 3.05) is 7.11 Å². The molecule has 1 aromatic carbocycles. The van der Waals surface area contributed by atoms with Crippen molar-refractivity contribution in [3.05, 3.63) is 47.3 Å². The highest BCUT2D eigenvalue weighted by atomic mass is 16.5. The number of benzene rings is 1. The predicted molar refractivity (Wildman–Crippen MR) is 80.4 cm³/mol. The number of nitrogens with one attached hydrogen (secondary N) is 1. The molecule has 1 amide bonds. The fourth-order valence-electron chi connectivity index (χ4n) is 1.88. The molecule has 0 radical (unpaired) electrons. The van der Waals surface area contributed by atoms with Crippen LogP contribution >= 0.6 is 0 Å². The summed E-state index contributed by atoms with van der Waals surface area (Å²) < 4.78 is 6.71. The Labute approximate surface area is 123 Å². The molecular formula is C15H18N4O2. The van der Waals surface area contributed by atoms with Gasteiger partial charge < -0.3 is 4.74 Å². The normalized spacial score (nSPS) is 10.8. The van der Waals surface area contributed by atoms with E-state index in [1.165, 1.54) is 0 Å². The van der Waals surface area contributed by atoms with Gasteiger partial charge in [0.1, 0.15) is 12.3 Å². The van der Waals surface area contributed by atoms with Crippen molar-refractivity contribution in [1.82, 2.24) is 15.2 Å². The van der Waals surface area contributed by atoms with Crippen molar-refractivity contribution >= 4 is 12.1 Å². The fourth-order valence-corrected chi connectivity index (χ4v) is 1.88. The first-order valence-electron chi connectivity index (χ1n) is 6.55. The summed E-state index contributed by atoms with van der Waals surface area (Å²) in [5, 5.41) is 8.15. The highest BCUT2D eigenvalue weighted by Crippen LogP contribution is 2.09. The number of aryl methyl sites for hydroxylation is 2. The Bertz CT molecular complexity index is 644. The zero-order valence-electron chi connectivity index (χ0n) is 12.3. The lowest BCUT2D eigenvalue weighted by Crippen LogP contribution is -2.24. The third kappa shape index (κ3) is 4.17. The lowest BCUT2D eigenvalue weighted by molar-refractivity contribution is -0.121. The zero-order chi connectivity index (χ0) is 15.2. The molecule has 110 valence electrons. The molecule has 0 aliphatic carbocycles.